The zero-order valence-electron chi connectivity index (χ0n) is 10.7. The quantitative estimate of drug-likeness (QED) is 0.793. The number of nitrogens with zero attached hydrogens (tertiary/aromatic N) is 4. The maximum atomic E-state index is 5.85. The van der Waals surface area contributed by atoms with E-state index in [0.717, 1.165) is 36.3 Å². The Morgan fingerprint density at radius 2 is 2.26 bits per heavy atom. The van der Waals surface area contributed by atoms with Gasteiger partial charge >= 0.3 is 0 Å². The summed E-state index contributed by atoms with van der Waals surface area (Å²) >= 11 is 5.85. The van der Waals surface area contributed by atoms with Crippen molar-refractivity contribution in [1.82, 2.24) is 19.7 Å². The summed E-state index contributed by atoms with van der Waals surface area (Å²) in [5, 5.41) is 4.63. The Balaban J connectivity index is 1.89. The molecule has 6 heteroatoms. The molecule has 19 heavy (non-hydrogen) atoms. The third-order valence-electron chi connectivity index (χ3n) is 3.27. The average molecular weight is 279 g/mol. The molecule has 2 aromatic rings. The summed E-state index contributed by atoms with van der Waals surface area (Å²) in [6.07, 6.45) is 8.83. The Morgan fingerprint density at radius 3 is 3.05 bits per heavy atom. The highest BCUT2D eigenvalue weighted by atomic mass is 35.5. The Hall–Kier alpha value is -1.46. The minimum atomic E-state index is 0.0418. The van der Waals surface area contributed by atoms with Crippen LogP contribution < -0.4 is 0 Å². The van der Waals surface area contributed by atoms with E-state index >= 15 is 0 Å². The molecule has 1 aliphatic heterocycles. The van der Waals surface area contributed by atoms with E-state index < -0.39 is 0 Å². The smallest absolute Gasteiger partial charge is 0.222 e. The first-order valence-electron chi connectivity index (χ1n) is 6.39. The van der Waals surface area contributed by atoms with Crippen LogP contribution in [-0.4, -0.2) is 26.4 Å². The monoisotopic (exact) mass is 278 g/mol. The van der Waals surface area contributed by atoms with Crippen LogP contribution in [0.4, 0.5) is 0 Å². The average Bonchev–Trinajstić information content (AvgIpc) is 2.92. The Kier molecular flexibility index (Phi) is 3.48. The summed E-state index contributed by atoms with van der Waals surface area (Å²) in [5.41, 5.74) is 2.74. The minimum Gasteiger partial charge on any atom is -0.357 e. The van der Waals surface area contributed by atoms with Gasteiger partial charge in [0, 0.05) is 24.6 Å². The van der Waals surface area contributed by atoms with Crippen molar-refractivity contribution in [3.8, 4) is 11.3 Å². The molecule has 1 saturated heterocycles. The van der Waals surface area contributed by atoms with E-state index in [1.807, 2.05) is 17.8 Å². The predicted octanol–water partition coefficient (Wildman–Crippen LogP) is 3.00. The highest BCUT2D eigenvalue weighted by molar-refractivity contribution is 6.28. The van der Waals surface area contributed by atoms with Gasteiger partial charge < -0.3 is 4.74 Å². The van der Waals surface area contributed by atoms with Crippen molar-refractivity contribution >= 4 is 11.6 Å². The van der Waals surface area contributed by atoms with E-state index in [-0.39, 0.29) is 11.5 Å². The van der Waals surface area contributed by atoms with Gasteiger partial charge in [0.2, 0.25) is 5.28 Å². The zero-order chi connectivity index (χ0) is 13.2. The number of aryl methyl sites for hydroxylation is 1. The first-order valence-corrected chi connectivity index (χ1v) is 6.77. The molecular weight excluding hydrogens is 264 g/mol. The van der Waals surface area contributed by atoms with Crippen LogP contribution in [0.15, 0.2) is 18.6 Å². The lowest BCUT2D eigenvalue weighted by molar-refractivity contribution is -0.0394. The Labute approximate surface area is 116 Å². The van der Waals surface area contributed by atoms with E-state index in [2.05, 4.69) is 15.1 Å². The number of ether oxygens (including phenoxy) is 1. The molecule has 0 aromatic carbocycles. The third-order valence-corrected chi connectivity index (χ3v) is 3.45. The van der Waals surface area contributed by atoms with Crippen molar-refractivity contribution in [2.24, 2.45) is 0 Å². The Morgan fingerprint density at radius 1 is 1.37 bits per heavy atom. The molecule has 0 bridgehead atoms. The van der Waals surface area contributed by atoms with Gasteiger partial charge in [0.05, 0.1) is 11.9 Å². The molecule has 1 atom stereocenters. The van der Waals surface area contributed by atoms with Gasteiger partial charge in [-0.2, -0.15) is 5.10 Å². The molecule has 1 fully saturated rings. The molecule has 0 amide bonds. The Bertz CT molecular complexity index is 578. The summed E-state index contributed by atoms with van der Waals surface area (Å²) in [7, 11) is 0. The molecule has 0 radical (unpaired) electrons. The van der Waals surface area contributed by atoms with Crippen molar-refractivity contribution in [3.05, 3.63) is 29.4 Å². The summed E-state index contributed by atoms with van der Waals surface area (Å²) in [4.78, 5) is 8.23. The second-order valence-corrected chi connectivity index (χ2v) is 5.04. The van der Waals surface area contributed by atoms with Gasteiger partial charge in [-0.3, -0.25) is 0 Å². The summed E-state index contributed by atoms with van der Waals surface area (Å²) < 4.78 is 7.57. The number of hydrogen-bond donors (Lipinski definition) is 0. The zero-order valence-corrected chi connectivity index (χ0v) is 11.5. The summed E-state index contributed by atoms with van der Waals surface area (Å²) in [6, 6.07) is 0. The van der Waals surface area contributed by atoms with Crippen LogP contribution in [0, 0.1) is 6.92 Å². The van der Waals surface area contributed by atoms with E-state index in [1.165, 1.54) is 6.42 Å². The largest absolute Gasteiger partial charge is 0.357 e. The molecule has 2 aromatic heterocycles. The second-order valence-electron chi connectivity index (χ2n) is 4.70. The maximum absolute atomic E-state index is 5.85. The maximum Gasteiger partial charge on any atom is 0.222 e. The van der Waals surface area contributed by atoms with Gasteiger partial charge in [0.25, 0.3) is 0 Å². The molecule has 1 aliphatic rings. The molecule has 0 N–H and O–H groups in total. The van der Waals surface area contributed by atoms with Gasteiger partial charge in [0.15, 0.2) is 0 Å². The highest BCUT2D eigenvalue weighted by Gasteiger charge is 2.17. The predicted molar refractivity (Wildman–Crippen MR) is 71.8 cm³/mol. The molecular formula is C13H15ClN4O. The minimum absolute atomic E-state index is 0.0418. The highest BCUT2D eigenvalue weighted by Crippen LogP contribution is 2.26. The van der Waals surface area contributed by atoms with Crippen molar-refractivity contribution < 1.29 is 4.74 Å². The topological polar surface area (TPSA) is 52.8 Å². The van der Waals surface area contributed by atoms with Crippen LogP contribution in [0.25, 0.3) is 11.3 Å². The SMILES string of the molecule is Cc1cnc(Cl)nc1-c1cnn(C2CCCCO2)c1. The molecule has 0 saturated carbocycles. The molecule has 5 nitrogen and oxygen atoms in total. The lowest BCUT2D eigenvalue weighted by atomic mass is 10.1. The fourth-order valence-electron chi connectivity index (χ4n) is 2.26. The number of rotatable bonds is 2. The van der Waals surface area contributed by atoms with Crippen LogP contribution in [0.5, 0.6) is 0 Å². The molecule has 0 spiro atoms. The van der Waals surface area contributed by atoms with Crippen LogP contribution in [-0.2, 0) is 4.74 Å². The second kappa shape index (κ2) is 5.27. The van der Waals surface area contributed by atoms with Crippen molar-refractivity contribution in [3.63, 3.8) is 0 Å². The van der Waals surface area contributed by atoms with Gasteiger partial charge in [-0.1, -0.05) is 0 Å². The fourth-order valence-corrected chi connectivity index (χ4v) is 2.40. The van der Waals surface area contributed by atoms with E-state index in [1.54, 1.807) is 12.4 Å². The lowest BCUT2D eigenvalue weighted by Gasteiger charge is -2.22. The number of hydrogen-bond acceptors (Lipinski definition) is 4. The summed E-state index contributed by atoms with van der Waals surface area (Å²) in [6.45, 7) is 2.76. The first kappa shape index (κ1) is 12.6. The molecule has 0 aliphatic carbocycles. The fraction of sp³-hybridized carbons (Fsp3) is 0.462. The lowest BCUT2D eigenvalue weighted by Crippen LogP contribution is -2.18. The van der Waals surface area contributed by atoms with Crippen molar-refractivity contribution in [1.29, 1.82) is 0 Å². The van der Waals surface area contributed by atoms with Crippen LogP contribution >= 0.6 is 11.6 Å². The van der Waals surface area contributed by atoms with Crippen LogP contribution in [0.3, 0.4) is 0 Å². The van der Waals surface area contributed by atoms with Gasteiger partial charge in [-0.15, -0.1) is 0 Å². The van der Waals surface area contributed by atoms with Gasteiger partial charge in [0.1, 0.15) is 6.23 Å². The van der Waals surface area contributed by atoms with E-state index in [0.29, 0.717) is 0 Å². The van der Waals surface area contributed by atoms with Gasteiger partial charge in [-0.25, -0.2) is 14.6 Å². The third kappa shape index (κ3) is 2.62. The van der Waals surface area contributed by atoms with Gasteiger partial charge in [-0.05, 0) is 43.4 Å². The first-order chi connectivity index (χ1) is 9.24. The van der Waals surface area contributed by atoms with Crippen LogP contribution in [0.1, 0.15) is 31.1 Å². The molecule has 3 heterocycles. The number of halogens is 1. The van der Waals surface area contributed by atoms with E-state index in [4.69, 9.17) is 16.3 Å². The summed E-state index contributed by atoms with van der Waals surface area (Å²) in [5.74, 6) is 0. The van der Waals surface area contributed by atoms with E-state index in [9.17, 15) is 0 Å². The molecule has 3 rings (SSSR count). The van der Waals surface area contributed by atoms with Crippen molar-refractivity contribution in [2.45, 2.75) is 32.4 Å². The van der Waals surface area contributed by atoms with Crippen molar-refractivity contribution in [2.75, 3.05) is 6.61 Å². The standard InChI is InChI=1S/C13H15ClN4O/c1-9-6-15-13(14)17-12(9)10-7-16-18(8-10)11-4-2-3-5-19-11/h6-8,11H,2-5H2,1H3. The van der Waals surface area contributed by atoms with Crippen LogP contribution in [0.2, 0.25) is 5.28 Å². The molecule has 100 valence electrons. The normalized spacial score (nSPS) is 19.6. The number of aromatic nitrogens is 4. The molecule has 1 unspecified atom stereocenters.